The third-order valence-corrected chi connectivity index (χ3v) is 5.03. The van der Waals surface area contributed by atoms with E-state index in [1.165, 1.54) is 5.56 Å². The van der Waals surface area contributed by atoms with Crippen LogP contribution in [-0.2, 0) is 11.3 Å². The first kappa shape index (κ1) is 24.2. The summed E-state index contributed by atoms with van der Waals surface area (Å²) < 4.78 is 0. The second kappa shape index (κ2) is 11.7. The first-order valence-electron chi connectivity index (χ1n) is 8.83. The first-order chi connectivity index (χ1) is 11.0. The number of rotatable bonds is 6. The van der Waals surface area contributed by atoms with Crippen molar-refractivity contribution in [3.63, 3.8) is 0 Å². The van der Waals surface area contributed by atoms with Crippen molar-refractivity contribution in [2.24, 2.45) is 5.73 Å². The van der Waals surface area contributed by atoms with Crippen molar-refractivity contribution in [2.45, 2.75) is 64.2 Å². The van der Waals surface area contributed by atoms with Crippen LogP contribution < -0.4 is 5.73 Å². The normalized spacial score (nSPS) is 21.6. The molecule has 1 heterocycles. The number of benzene rings is 1. The molecule has 1 aliphatic rings. The monoisotopic (exact) mass is 389 g/mol. The fourth-order valence-corrected chi connectivity index (χ4v) is 3.48. The molecule has 2 N–H and O–H groups in total. The maximum absolute atomic E-state index is 12.4. The van der Waals surface area contributed by atoms with Gasteiger partial charge in [-0.1, -0.05) is 43.7 Å². The Hall–Kier alpha value is -0.810. The van der Waals surface area contributed by atoms with Gasteiger partial charge in [0.25, 0.3) is 0 Å². The fraction of sp³-hybridized carbons (Fsp3) is 0.632. The number of carbonyl (C=O) groups excluding carboxylic acids is 1. The zero-order valence-electron chi connectivity index (χ0n) is 15.6. The van der Waals surface area contributed by atoms with Gasteiger partial charge in [-0.15, -0.1) is 24.8 Å². The molecular weight excluding hydrogens is 357 g/mol. The molecule has 6 heteroatoms. The molecule has 1 aromatic rings. The van der Waals surface area contributed by atoms with Crippen molar-refractivity contribution in [3.05, 3.63) is 35.9 Å². The molecule has 3 unspecified atom stereocenters. The second-order valence-electron chi connectivity index (χ2n) is 6.83. The number of carbonyl (C=O) groups is 1. The Bertz CT molecular complexity index is 501. The van der Waals surface area contributed by atoms with Crippen LogP contribution in [0.25, 0.3) is 0 Å². The van der Waals surface area contributed by atoms with Gasteiger partial charge in [0.05, 0.1) is 6.04 Å². The summed E-state index contributed by atoms with van der Waals surface area (Å²) in [6.07, 6.45) is 3.77. The van der Waals surface area contributed by atoms with Gasteiger partial charge in [0.15, 0.2) is 0 Å². The van der Waals surface area contributed by atoms with E-state index in [4.69, 9.17) is 5.73 Å². The number of nitrogens with zero attached hydrogens (tertiary/aromatic N) is 2. The number of hydrogen-bond acceptors (Lipinski definition) is 3. The maximum Gasteiger partial charge on any atom is 0.239 e. The average Bonchev–Trinajstić information content (AvgIpc) is 2.56. The van der Waals surface area contributed by atoms with Gasteiger partial charge in [-0.3, -0.25) is 9.69 Å². The van der Waals surface area contributed by atoms with Gasteiger partial charge < -0.3 is 10.6 Å². The van der Waals surface area contributed by atoms with Gasteiger partial charge in [0.2, 0.25) is 5.91 Å². The molecule has 1 saturated heterocycles. The van der Waals surface area contributed by atoms with E-state index in [0.717, 1.165) is 38.8 Å². The van der Waals surface area contributed by atoms with Crippen molar-refractivity contribution >= 4 is 30.7 Å². The lowest BCUT2D eigenvalue weighted by molar-refractivity contribution is -0.134. The molecule has 0 aliphatic carbocycles. The van der Waals surface area contributed by atoms with Crippen LogP contribution in [0.4, 0.5) is 0 Å². The lowest BCUT2D eigenvalue weighted by atomic mass is 9.95. The molecule has 1 fully saturated rings. The summed E-state index contributed by atoms with van der Waals surface area (Å²) in [5, 5.41) is 0. The highest BCUT2D eigenvalue weighted by Gasteiger charge is 2.31. The highest BCUT2D eigenvalue weighted by atomic mass is 35.5. The Kier molecular flexibility index (Phi) is 11.4. The van der Waals surface area contributed by atoms with E-state index in [1.807, 2.05) is 11.9 Å². The summed E-state index contributed by atoms with van der Waals surface area (Å²) in [5.41, 5.74) is 7.35. The van der Waals surface area contributed by atoms with Gasteiger partial charge in [-0.05, 0) is 31.7 Å². The van der Waals surface area contributed by atoms with Crippen molar-refractivity contribution < 1.29 is 4.79 Å². The zero-order chi connectivity index (χ0) is 16.8. The number of likely N-dealkylation sites (tertiary alicyclic amines) is 1. The summed E-state index contributed by atoms with van der Waals surface area (Å²) >= 11 is 0. The topological polar surface area (TPSA) is 49.6 Å². The van der Waals surface area contributed by atoms with E-state index in [2.05, 4.69) is 49.1 Å². The number of amides is 1. The van der Waals surface area contributed by atoms with Gasteiger partial charge >= 0.3 is 0 Å². The molecule has 0 saturated carbocycles. The SMILES string of the molecule is CCCC(N)C(=O)N(C)C1CCN(Cc2ccccc2)C(C)C1.Cl.Cl. The Morgan fingerprint density at radius 2 is 1.96 bits per heavy atom. The molecule has 25 heavy (non-hydrogen) atoms. The Balaban J connectivity index is 0.00000288. The average molecular weight is 390 g/mol. The minimum Gasteiger partial charge on any atom is -0.341 e. The first-order valence-corrected chi connectivity index (χ1v) is 8.83. The molecule has 4 nitrogen and oxygen atoms in total. The molecule has 3 atom stereocenters. The molecule has 1 aliphatic heterocycles. The number of halogens is 2. The highest BCUT2D eigenvalue weighted by molar-refractivity contribution is 5.85. The molecule has 1 amide bonds. The van der Waals surface area contributed by atoms with E-state index >= 15 is 0 Å². The van der Waals surface area contributed by atoms with E-state index in [9.17, 15) is 4.79 Å². The summed E-state index contributed by atoms with van der Waals surface area (Å²) in [6, 6.07) is 11.0. The van der Waals surface area contributed by atoms with Crippen molar-refractivity contribution in [3.8, 4) is 0 Å². The third-order valence-electron chi connectivity index (χ3n) is 5.03. The predicted octanol–water partition coefficient (Wildman–Crippen LogP) is 3.47. The van der Waals surface area contributed by atoms with E-state index in [1.54, 1.807) is 0 Å². The van der Waals surface area contributed by atoms with Gasteiger partial charge in [-0.2, -0.15) is 0 Å². The van der Waals surface area contributed by atoms with Crippen LogP contribution in [0.5, 0.6) is 0 Å². The summed E-state index contributed by atoms with van der Waals surface area (Å²) in [4.78, 5) is 16.8. The molecule has 0 radical (unpaired) electrons. The minimum atomic E-state index is -0.345. The number of hydrogen-bond donors (Lipinski definition) is 1. The quantitative estimate of drug-likeness (QED) is 0.809. The molecule has 1 aromatic carbocycles. The standard InChI is InChI=1S/C19H31N3O.2ClH/c1-4-8-18(20)19(23)21(3)17-11-12-22(15(2)13-17)14-16-9-6-5-7-10-16;;/h5-7,9-10,15,17-18H,4,8,11-14,20H2,1-3H3;2*1H. The van der Waals surface area contributed by atoms with Crippen LogP contribution in [0.15, 0.2) is 30.3 Å². The molecule has 0 spiro atoms. The number of piperidine rings is 1. The number of nitrogens with two attached hydrogens (primary N) is 1. The summed E-state index contributed by atoms with van der Waals surface area (Å²) in [5.74, 6) is 0.0977. The van der Waals surface area contributed by atoms with Crippen LogP contribution in [0.3, 0.4) is 0 Å². The van der Waals surface area contributed by atoms with Crippen LogP contribution >= 0.6 is 24.8 Å². The number of likely N-dealkylation sites (N-methyl/N-ethyl adjacent to an activating group) is 1. The van der Waals surface area contributed by atoms with Gasteiger partial charge in [0, 0.05) is 32.2 Å². The molecule has 2 rings (SSSR count). The Labute approximate surface area is 164 Å². The van der Waals surface area contributed by atoms with E-state index < -0.39 is 0 Å². The molecule has 0 aromatic heterocycles. The van der Waals surface area contributed by atoms with E-state index in [-0.39, 0.29) is 36.8 Å². The largest absolute Gasteiger partial charge is 0.341 e. The molecular formula is C19H33Cl2N3O. The van der Waals surface area contributed by atoms with Crippen LogP contribution in [-0.4, -0.2) is 47.4 Å². The van der Waals surface area contributed by atoms with Crippen LogP contribution in [0, 0.1) is 0 Å². The smallest absolute Gasteiger partial charge is 0.239 e. The fourth-order valence-electron chi connectivity index (χ4n) is 3.48. The van der Waals surface area contributed by atoms with Gasteiger partial charge in [-0.25, -0.2) is 0 Å². The lowest BCUT2D eigenvalue weighted by Gasteiger charge is -2.41. The summed E-state index contributed by atoms with van der Waals surface area (Å²) in [7, 11) is 1.92. The molecule has 0 bridgehead atoms. The third kappa shape index (κ3) is 6.78. The minimum absolute atomic E-state index is 0. The Morgan fingerprint density at radius 1 is 1.32 bits per heavy atom. The van der Waals surface area contributed by atoms with E-state index in [0.29, 0.717) is 12.1 Å². The molecule has 144 valence electrons. The lowest BCUT2D eigenvalue weighted by Crippen LogP contribution is -2.52. The zero-order valence-corrected chi connectivity index (χ0v) is 17.2. The van der Waals surface area contributed by atoms with Crippen molar-refractivity contribution in [2.75, 3.05) is 13.6 Å². The van der Waals surface area contributed by atoms with Crippen LogP contribution in [0.2, 0.25) is 0 Å². The van der Waals surface area contributed by atoms with Gasteiger partial charge in [0.1, 0.15) is 0 Å². The van der Waals surface area contributed by atoms with Crippen LogP contribution in [0.1, 0.15) is 45.1 Å². The Morgan fingerprint density at radius 3 is 2.52 bits per heavy atom. The van der Waals surface area contributed by atoms with Crippen molar-refractivity contribution in [1.82, 2.24) is 9.80 Å². The second-order valence-corrected chi connectivity index (χ2v) is 6.83. The van der Waals surface area contributed by atoms with Crippen molar-refractivity contribution in [1.29, 1.82) is 0 Å². The highest BCUT2D eigenvalue weighted by Crippen LogP contribution is 2.23. The summed E-state index contributed by atoms with van der Waals surface area (Å²) in [6.45, 7) is 6.35. The maximum atomic E-state index is 12.4. The predicted molar refractivity (Wildman–Crippen MR) is 109 cm³/mol.